The first-order chi connectivity index (χ1) is 8.74. The molecule has 1 aliphatic carbocycles. The molecular formula is C15H31N3. The summed E-state index contributed by atoms with van der Waals surface area (Å²) in [4.78, 5) is 5.03. The van der Waals surface area contributed by atoms with E-state index in [1.54, 1.807) is 0 Å². The molecule has 1 saturated carbocycles. The van der Waals surface area contributed by atoms with Crippen LogP contribution in [0.15, 0.2) is 0 Å². The molecule has 0 bridgehead atoms. The van der Waals surface area contributed by atoms with Gasteiger partial charge in [-0.25, -0.2) is 0 Å². The summed E-state index contributed by atoms with van der Waals surface area (Å²) in [6.07, 6.45) is 7.08. The van der Waals surface area contributed by atoms with Crippen molar-refractivity contribution in [1.29, 1.82) is 0 Å². The van der Waals surface area contributed by atoms with Crippen LogP contribution in [0.1, 0.15) is 39.0 Å². The maximum atomic E-state index is 3.79. The lowest BCUT2D eigenvalue weighted by molar-refractivity contribution is 0.153. The van der Waals surface area contributed by atoms with Crippen molar-refractivity contribution in [2.75, 3.05) is 46.3 Å². The Kier molecular flexibility index (Phi) is 5.93. The van der Waals surface area contributed by atoms with E-state index in [-0.39, 0.29) is 0 Å². The predicted octanol–water partition coefficient (Wildman–Crippen LogP) is 1.79. The molecule has 0 spiro atoms. The van der Waals surface area contributed by atoms with Crippen molar-refractivity contribution in [3.8, 4) is 0 Å². The maximum absolute atomic E-state index is 3.79. The quantitative estimate of drug-likeness (QED) is 0.771. The number of hydrogen-bond donors (Lipinski definition) is 1. The molecule has 1 saturated heterocycles. The molecular weight excluding hydrogens is 222 g/mol. The molecule has 0 aromatic carbocycles. The van der Waals surface area contributed by atoms with Gasteiger partial charge in [-0.3, -0.25) is 4.90 Å². The van der Waals surface area contributed by atoms with Crippen LogP contribution in [0.4, 0.5) is 0 Å². The number of hydrogen-bond acceptors (Lipinski definition) is 3. The minimum Gasteiger partial charge on any atom is -0.313 e. The Morgan fingerprint density at radius 1 is 1.00 bits per heavy atom. The first-order valence-electron chi connectivity index (χ1n) is 7.88. The summed E-state index contributed by atoms with van der Waals surface area (Å²) >= 11 is 0. The van der Waals surface area contributed by atoms with E-state index in [0.29, 0.717) is 0 Å². The van der Waals surface area contributed by atoms with E-state index in [9.17, 15) is 0 Å². The molecule has 106 valence electrons. The van der Waals surface area contributed by atoms with Crippen LogP contribution >= 0.6 is 0 Å². The van der Waals surface area contributed by atoms with Crippen molar-refractivity contribution in [3.63, 3.8) is 0 Å². The molecule has 2 rings (SSSR count). The molecule has 0 aromatic heterocycles. The molecule has 0 amide bonds. The van der Waals surface area contributed by atoms with Gasteiger partial charge >= 0.3 is 0 Å². The fraction of sp³-hybridized carbons (Fsp3) is 1.00. The van der Waals surface area contributed by atoms with Crippen LogP contribution in [-0.4, -0.2) is 62.2 Å². The third kappa shape index (κ3) is 4.87. The second kappa shape index (κ2) is 7.46. The Morgan fingerprint density at radius 3 is 2.56 bits per heavy atom. The smallest absolute Gasteiger partial charge is 0.0110 e. The minimum atomic E-state index is 0.794. The van der Waals surface area contributed by atoms with E-state index >= 15 is 0 Å². The molecule has 18 heavy (non-hydrogen) atoms. The second-order valence-electron chi connectivity index (χ2n) is 6.41. The van der Waals surface area contributed by atoms with Gasteiger partial charge in [-0.2, -0.15) is 0 Å². The third-order valence-corrected chi connectivity index (χ3v) is 4.71. The van der Waals surface area contributed by atoms with Crippen molar-refractivity contribution in [2.24, 2.45) is 5.92 Å². The van der Waals surface area contributed by atoms with Crippen LogP contribution in [-0.2, 0) is 0 Å². The van der Waals surface area contributed by atoms with Gasteiger partial charge in [0.05, 0.1) is 0 Å². The lowest BCUT2D eigenvalue weighted by Crippen LogP contribution is -2.47. The number of likely N-dealkylation sites (N-methyl/N-ethyl adjacent to an activating group) is 1. The molecule has 0 aromatic rings. The van der Waals surface area contributed by atoms with Gasteiger partial charge in [0.25, 0.3) is 0 Å². The monoisotopic (exact) mass is 253 g/mol. The number of rotatable bonds is 4. The Morgan fingerprint density at radius 2 is 1.78 bits per heavy atom. The van der Waals surface area contributed by atoms with Crippen LogP contribution < -0.4 is 5.32 Å². The molecule has 1 aliphatic heterocycles. The highest BCUT2D eigenvalue weighted by Crippen LogP contribution is 2.22. The van der Waals surface area contributed by atoms with Crippen molar-refractivity contribution < 1.29 is 0 Å². The van der Waals surface area contributed by atoms with Crippen molar-refractivity contribution >= 4 is 0 Å². The van der Waals surface area contributed by atoms with Gasteiger partial charge in [0.2, 0.25) is 0 Å². The summed E-state index contributed by atoms with van der Waals surface area (Å²) in [6.45, 7) is 9.80. The minimum absolute atomic E-state index is 0.794. The van der Waals surface area contributed by atoms with Crippen LogP contribution in [0.5, 0.6) is 0 Å². The van der Waals surface area contributed by atoms with Crippen LogP contribution in [0.2, 0.25) is 0 Å². The van der Waals surface area contributed by atoms with E-state index in [0.717, 1.165) is 12.0 Å². The first-order valence-corrected chi connectivity index (χ1v) is 7.88. The number of nitrogens with zero attached hydrogens (tertiary/aromatic N) is 2. The molecule has 1 N–H and O–H groups in total. The third-order valence-electron chi connectivity index (χ3n) is 4.71. The molecule has 3 heteroatoms. The fourth-order valence-corrected chi connectivity index (χ4v) is 3.19. The van der Waals surface area contributed by atoms with Crippen LogP contribution in [0.3, 0.4) is 0 Å². The Balaban J connectivity index is 1.57. The van der Waals surface area contributed by atoms with Gasteiger partial charge in [-0.15, -0.1) is 0 Å². The summed E-state index contributed by atoms with van der Waals surface area (Å²) in [5.41, 5.74) is 0. The summed E-state index contributed by atoms with van der Waals surface area (Å²) in [7, 11) is 2.22. The largest absolute Gasteiger partial charge is 0.313 e. The van der Waals surface area contributed by atoms with Gasteiger partial charge < -0.3 is 10.2 Å². The summed E-state index contributed by atoms with van der Waals surface area (Å²) in [5, 5.41) is 3.79. The van der Waals surface area contributed by atoms with Crippen LogP contribution in [0.25, 0.3) is 0 Å². The molecule has 2 fully saturated rings. The van der Waals surface area contributed by atoms with E-state index in [2.05, 4.69) is 29.1 Å². The van der Waals surface area contributed by atoms with Crippen molar-refractivity contribution in [2.45, 2.75) is 45.1 Å². The van der Waals surface area contributed by atoms with Crippen molar-refractivity contribution in [1.82, 2.24) is 15.1 Å². The Labute approximate surface area is 113 Å². The fourth-order valence-electron chi connectivity index (χ4n) is 3.19. The van der Waals surface area contributed by atoms with E-state index in [4.69, 9.17) is 0 Å². The normalized spacial score (nSPS) is 32.3. The number of piperazine rings is 1. The highest BCUT2D eigenvalue weighted by Gasteiger charge is 2.17. The molecule has 2 unspecified atom stereocenters. The van der Waals surface area contributed by atoms with Gasteiger partial charge in [0, 0.05) is 45.3 Å². The maximum Gasteiger partial charge on any atom is 0.0110 e. The highest BCUT2D eigenvalue weighted by atomic mass is 15.2. The Bertz CT molecular complexity index is 224. The topological polar surface area (TPSA) is 18.5 Å². The van der Waals surface area contributed by atoms with E-state index in [1.165, 1.54) is 71.4 Å². The average molecular weight is 253 g/mol. The number of nitrogens with one attached hydrogen (secondary N) is 1. The van der Waals surface area contributed by atoms with Crippen molar-refractivity contribution in [3.05, 3.63) is 0 Å². The zero-order chi connectivity index (χ0) is 12.8. The van der Waals surface area contributed by atoms with Gasteiger partial charge in [0.1, 0.15) is 0 Å². The van der Waals surface area contributed by atoms with Crippen LogP contribution in [0, 0.1) is 5.92 Å². The molecule has 2 atom stereocenters. The molecule has 3 nitrogen and oxygen atoms in total. The zero-order valence-electron chi connectivity index (χ0n) is 12.3. The zero-order valence-corrected chi connectivity index (χ0v) is 12.3. The average Bonchev–Trinajstić information content (AvgIpc) is 2.57. The first kappa shape index (κ1) is 14.3. The van der Waals surface area contributed by atoms with Gasteiger partial charge in [-0.05, 0) is 32.2 Å². The van der Waals surface area contributed by atoms with Gasteiger partial charge in [-0.1, -0.05) is 19.8 Å². The predicted molar refractivity (Wildman–Crippen MR) is 78.0 cm³/mol. The van der Waals surface area contributed by atoms with Gasteiger partial charge in [0.15, 0.2) is 0 Å². The second-order valence-corrected chi connectivity index (χ2v) is 6.41. The summed E-state index contributed by atoms with van der Waals surface area (Å²) < 4.78 is 0. The summed E-state index contributed by atoms with van der Waals surface area (Å²) in [6, 6.07) is 0.794. The Hall–Kier alpha value is -0.120. The molecule has 2 aliphatic rings. The van der Waals surface area contributed by atoms with E-state index < -0.39 is 0 Å². The standard InChI is InChI=1S/C15H31N3/c1-14-4-3-5-15(7-6-14)16-8-9-18-12-10-17(2)11-13-18/h14-16H,3-13H2,1-2H3. The molecule has 1 heterocycles. The lowest BCUT2D eigenvalue weighted by Gasteiger charge is -2.32. The highest BCUT2D eigenvalue weighted by molar-refractivity contribution is 4.75. The van der Waals surface area contributed by atoms with E-state index in [1.807, 2.05) is 0 Å². The summed E-state index contributed by atoms with van der Waals surface area (Å²) in [5.74, 6) is 0.953. The SMILES string of the molecule is CC1CCCC(NCCN2CCN(C)CC2)CC1. The molecule has 0 radical (unpaired) electrons. The lowest BCUT2D eigenvalue weighted by atomic mass is 10.0.